The second-order valence-corrected chi connectivity index (χ2v) is 3.66. The van der Waals surface area contributed by atoms with Gasteiger partial charge in [-0.25, -0.2) is 4.79 Å². The lowest BCUT2D eigenvalue weighted by atomic mass is 10.0. The van der Waals surface area contributed by atoms with Crippen LogP contribution in [0, 0.1) is 0 Å². The SMILES string of the molecule is CCOC(=O)C(N)c1cc(CC)ccc1OC. The second-order valence-electron chi connectivity index (χ2n) is 3.66. The van der Waals surface area contributed by atoms with Crippen molar-refractivity contribution in [2.75, 3.05) is 13.7 Å². The predicted molar refractivity (Wildman–Crippen MR) is 65.9 cm³/mol. The topological polar surface area (TPSA) is 61.5 Å². The number of benzene rings is 1. The van der Waals surface area contributed by atoms with Gasteiger partial charge in [-0.2, -0.15) is 0 Å². The van der Waals surface area contributed by atoms with Crippen molar-refractivity contribution in [1.82, 2.24) is 0 Å². The highest BCUT2D eigenvalue weighted by molar-refractivity contribution is 5.78. The van der Waals surface area contributed by atoms with E-state index in [9.17, 15) is 4.79 Å². The van der Waals surface area contributed by atoms with E-state index in [-0.39, 0.29) is 0 Å². The quantitative estimate of drug-likeness (QED) is 0.793. The fourth-order valence-corrected chi connectivity index (χ4v) is 1.61. The third-order valence-corrected chi connectivity index (χ3v) is 2.58. The molecule has 1 aromatic rings. The Bertz CT molecular complexity index is 390. The molecule has 1 unspecified atom stereocenters. The van der Waals surface area contributed by atoms with Crippen LogP contribution in [-0.4, -0.2) is 19.7 Å². The largest absolute Gasteiger partial charge is 0.496 e. The molecule has 0 aromatic heterocycles. The Kier molecular flexibility index (Phi) is 4.97. The van der Waals surface area contributed by atoms with Crippen molar-refractivity contribution in [2.45, 2.75) is 26.3 Å². The molecule has 4 heteroatoms. The molecule has 0 aliphatic carbocycles. The Labute approximate surface area is 102 Å². The van der Waals surface area contributed by atoms with E-state index in [4.69, 9.17) is 15.2 Å². The highest BCUT2D eigenvalue weighted by Gasteiger charge is 2.21. The monoisotopic (exact) mass is 237 g/mol. The van der Waals surface area contributed by atoms with E-state index < -0.39 is 12.0 Å². The van der Waals surface area contributed by atoms with Crippen LogP contribution in [0.25, 0.3) is 0 Å². The van der Waals surface area contributed by atoms with Gasteiger partial charge in [-0.15, -0.1) is 0 Å². The van der Waals surface area contributed by atoms with Crippen molar-refractivity contribution in [2.24, 2.45) is 5.73 Å². The first-order chi connectivity index (χ1) is 8.13. The number of nitrogens with two attached hydrogens (primary N) is 1. The van der Waals surface area contributed by atoms with Crippen LogP contribution >= 0.6 is 0 Å². The van der Waals surface area contributed by atoms with E-state index >= 15 is 0 Å². The van der Waals surface area contributed by atoms with Gasteiger partial charge in [0.25, 0.3) is 0 Å². The number of ether oxygens (including phenoxy) is 2. The summed E-state index contributed by atoms with van der Waals surface area (Å²) in [4.78, 5) is 11.6. The zero-order chi connectivity index (χ0) is 12.8. The molecule has 1 rings (SSSR count). The molecule has 0 heterocycles. The minimum absolute atomic E-state index is 0.322. The normalized spacial score (nSPS) is 12.0. The van der Waals surface area contributed by atoms with Gasteiger partial charge >= 0.3 is 5.97 Å². The highest BCUT2D eigenvalue weighted by Crippen LogP contribution is 2.26. The molecule has 0 saturated carbocycles. The van der Waals surface area contributed by atoms with Crippen molar-refractivity contribution < 1.29 is 14.3 Å². The Balaban J connectivity index is 3.04. The standard InChI is InChI=1S/C13H19NO3/c1-4-9-6-7-11(16-3)10(8-9)12(14)13(15)17-5-2/h6-8,12H,4-5,14H2,1-3H3. The van der Waals surface area contributed by atoms with Gasteiger partial charge in [-0.05, 0) is 31.0 Å². The lowest BCUT2D eigenvalue weighted by molar-refractivity contribution is -0.144. The number of carbonyl (C=O) groups excluding carboxylic acids is 1. The van der Waals surface area contributed by atoms with E-state index in [1.165, 1.54) is 0 Å². The van der Waals surface area contributed by atoms with Gasteiger partial charge in [-0.3, -0.25) is 0 Å². The summed E-state index contributed by atoms with van der Waals surface area (Å²) in [6, 6.07) is 4.88. The number of methoxy groups -OCH3 is 1. The minimum Gasteiger partial charge on any atom is -0.496 e. The molecular weight excluding hydrogens is 218 g/mol. The summed E-state index contributed by atoms with van der Waals surface area (Å²) in [6.45, 7) is 4.12. The van der Waals surface area contributed by atoms with Crippen molar-refractivity contribution in [3.8, 4) is 5.75 Å². The van der Waals surface area contributed by atoms with Gasteiger partial charge in [0.15, 0.2) is 0 Å². The van der Waals surface area contributed by atoms with Crippen molar-refractivity contribution in [1.29, 1.82) is 0 Å². The Morgan fingerprint density at radius 2 is 2.12 bits per heavy atom. The van der Waals surface area contributed by atoms with E-state index in [1.54, 1.807) is 14.0 Å². The lowest BCUT2D eigenvalue weighted by Crippen LogP contribution is -2.24. The minimum atomic E-state index is -0.795. The van der Waals surface area contributed by atoms with Crippen molar-refractivity contribution >= 4 is 5.97 Å². The summed E-state index contributed by atoms with van der Waals surface area (Å²) in [7, 11) is 1.56. The van der Waals surface area contributed by atoms with Crippen LogP contribution in [-0.2, 0) is 16.0 Å². The average Bonchev–Trinajstić information content (AvgIpc) is 2.37. The number of rotatable bonds is 5. The first kappa shape index (κ1) is 13.5. The highest BCUT2D eigenvalue weighted by atomic mass is 16.5. The van der Waals surface area contributed by atoms with Gasteiger partial charge in [0.05, 0.1) is 13.7 Å². The van der Waals surface area contributed by atoms with Crippen LogP contribution in [0.5, 0.6) is 5.75 Å². The zero-order valence-electron chi connectivity index (χ0n) is 10.5. The zero-order valence-corrected chi connectivity index (χ0v) is 10.5. The molecule has 94 valence electrons. The molecule has 0 spiro atoms. The van der Waals surface area contributed by atoms with Gasteiger partial charge in [0, 0.05) is 5.56 Å². The number of hydrogen-bond acceptors (Lipinski definition) is 4. The van der Waals surface area contributed by atoms with E-state index in [0.717, 1.165) is 12.0 Å². The molecule has 1 aromatic carbocycles. The molecule has 0 aliphatic rings. The third kappa shape index (κ3) is 3.20. The maximum Gasteiger partial charge on any atom is 0.327 e. The van der Waals surface area contributed by atoms with Gasteiger partial charge in [-0.1, -0.05) is 13.0 Å². The summed E-state index contributed by atoms with van der Waals surface area (Å²) >= 11 is 0. The Morgan fingerprint density at radius 3 is 2.65 bits per heavy atom. The summed E-state index contributed by atoms with van der Waals surface area (Å²) in [6.07, 6.45) is 0.881. The van der Waals surface area contributed by atoms with Crippen LogP contribution < -0.4 is 10.5 Å². The molecule has 2 N–H and O–H groups in total. The average molecular weight is 237 g/mol. The molecule has 0 fully saturated rings. The van der Waals surface area contributed by atoms with Crippen LogP contribution in [0.3, 0.4) is 0 Å². The maximum absolute atomic E-state index is 11.6. The lowest BCUT2D eigenvalue weighted by Gasteiger charge is -2.15. The molecule has 4 nitrogen and oxygen atoms in total. The predicted octanol–water partition coefficient (Wildman–Crippen LogP) is 1.82. The first-order valence-corrected chi connectivity index (χ1v) is 5.73. The smallest absolute Gasteiger partial charge is 0.327 e. The van der Waals surface area contributed by atoms with Crippen LogP contribution in [0.1, 0.15) is 31.0 Å². The maximum atomic E-state index is 11.6. The summed E-state index contributed by atoms with van der Waals surface area (Å²) in [5.41, 5.74) is 7.65. The molecule has 0 amide bonds. The first-order valence-electron chi connectivity index (χ1n) is 5.73. The molecule has 1 atom stereocenters. The van der Waals surface area contributed by atoms with E-state index in [2.05, 4.69) is 0 Å². The number of esters is 1. The molecule has 0 radical (unpaired) electrons. The summed E-state index contributed by atoms with van der Waals surface area (Å²) in [5.74, 6) is 0.182. The van der Waals surface area contributed by atoms with Crippen LogP contribution in [0.4, 0.5) is 0 Å². The molecule has 0 saturated heterocycles. The summed E-state index contributed by atoms with van der Waals surface area (Å²) in [5, 5.41) is 0. The fraction of sp³-hybridized carbons (Fsp3) is 0.462. The number of hydrogen-bond donors (Lipinski definition) is 1. The Morgan fingerprint density at radius 1 is 1.41 bits per heavy atom. The van der Waals surface area contributed by atoms with Gasteiger partial charge < -0.3 is 15.2 Å². The van der Waals surface area contributed by atoms with E-state index in [0.29, 0.717) is 17.9 Å². The van der Waals surface area contributed by atoms with E-state index in [1.807, 2.05) is 25.1 Å². The Hall–Kier alpha value is -1.55. The van der Waals surface area contributed by atoms with Gasteiger partial charge in [0.1, 0.15) is 11.8 Å². The number of carbonyl (C=O) groups is 1. The molecule has 17 heavy (non-hydrogen) atoms. The molecular formula is C13H19NO3. The fourth-order valence-electron chi connectivity index (χ4n) is 1.61. The summed E-state index contributed by atoms with van der Waals surface area (Å²) < 4.78 is 10.1. The van der Waals surface area contributed by atoms with Crippen molar-refractivity contribution in [3.05, 3.63) is 29.3 Å². The van der Waals surface area contributed by atoms with Crippen LogP contribution in [0.2, 0.25) is 0 Å². The van der Waals surface area contributed by atoms with Crippen LogP contribution in [0.15, 0.2) is 18.2 Å². The number of aryl methyl sites for hydroxylation is 1. The van der Waals surface area contributed by atoms with Crippen molar-refractivity contribution in [3.63, 3.8) is 0 Å². The van der Waals surface area contributed by atoms with Gasteiger partial charge in [0.2, 0.25) is 0 Å². The molecule has 0 bridgehead atoms. The molecule has 0 aliphatic heterocycles. The third-order valence-electron chi connectivity index (χ3n) is 2.58. The second kappa shape index (κ2) is 6.25.